The largest absolute Gasteiger partial charge is 1.00 e. The SMILES string of the molecule is CCCCCCC[N+](CC)(CC)C/C=C/Cc1ccccc1Cl.[Cl-]. The van der Waals surface area contributed by atoms with Gasteiger partial charge in [-0.3, -0.25) is 0 Å². The molecule has 0 aliphatic carbocycles. The number of rotatable bonds is 12. The molecule has 0 amide bonds. The van der Waals surface area contributed by atoms with Crippen molar-refractivity contribution < 1.29 is 16.9 Å². The van der Waals surface area contributed by atoms with Crippen molar-refractivity contribution >= 4 is 11.6 Å². The minimum absolute atomic E-state index is 0. The molecule has 0 saturated carbocycles. The lowest BCUT2D eigenvalue weighted by Gasteiger charge is -2.36. The molecule has 138 valence electrons. The molecule has 24 heavy (non-hydrogen) atoms. The Hall–Kier alpha value is -0.500. The number of nitrogens with zero attached hydrogens (tertiary/aromatic N) is 1. The smallest absolute Gasteiger partial charge is 0.0973 e. The first-order valence-corrected chi connectivity index (χ1v) is 9.78. The molecule has 0 heterocycles. The molecule has 0 saturated heterocycles. The van der Waals surface area contributed by atoms with Gasteiger partial charge >= 0.3 is 0 Å². The topological polar surface area (TPSA) is 0 Å². The number of hydrogen-bond acceptors (Lipinski definition) is 0. The van der Waals surface area contributed by atoms with E-state index in [0.717, 1.165) is 18.0 Å². The maximum Gasteiger partial charge on any atom is 0.0973 e. The molecule has 0 bridgehead atoms. The van der Waals surface area contributed by atoms with Gasteiger partial charge in [0.1, 0.15) is 0 Å². The molecule has 1 nitrogen and oxygen atoms in total. The number of benzene rings is 1. The highest BCUT2D eigenvalue weighted by Crippen LogP contribution is 2.16. The van der Waals surface area contributed by atoms with Gasteiger partial charge in [0.2, 0.25) is 0 Å². The van der Waals surface area contributed by atoms with E-state index in [1.807, 2.05) is 12.1 Å². The first-order valence-electron chi connectivity index (χ1n) is 9.41. The average Bonchev–Trinajstić information content (AvgIpc) is 2.58. The average molecular weight is 372 g/mol. The molecule has 0 aromatic heterocycles. The maximum atomic E-state index is 6.22. The molecular weight excluding hydrogens is 337 g/mol. The van der Waals surface area contributed by atoms with Crippen LogP contribution in [-0.2, 0) is 6.42 Å². The summed E-state index contributed by atoms with van der Waals surface area (Å²) in [4.78, 5) is 0. The van der Waals surface area contributed by atoms with E-state index < -0.39 is 0 Å². The summed E-state index contributed by atoms with van der Waals surface area (Å²) in [6.45, 7) is 11.8. The lowest BCUT2D eigenvalue weighted by atomic mass is 10.1. The van der Waals surface area contributed by atoms with Gasteiger partial charge in [-0.2, -0.15) is 0 Å². The summed E-state index contributed by atoms with van der Waals surface area (Å²) < 4.78 is 1.21. The van der Waals surface area contributed by atoms with Crippen LogP contribution < -0.4 is 12.4 Å². The summed E-state index contributed by atoms with van der Waals surface area (Å²) in [6, 6.07) is 8.13. The van der Waals surface area contributed by atoms with E-state index in [1.165, 1.54) is 61.8 Å². The minimum atomic E-state index is 0. The summed E-state index contributed by atoms with van der Waals surface area (Å²) in [5, 5.41) is 0.875. The van der Waals surface area contributed by atoms with Gasteiger partial charge in [-0.05, 0) is 50.8 Å². The molecule has 0 N–H and O–H groups in total. The lowest BCUT2D eigenvalue weighted by Crippen LogP contribution is -3.00. The van der Waals surface area contributed by atoms with E-state index in [9.17, 15) is 0 Å². The van der Waals surface area contributed by atoms with Gasteiger partial charge in [0.25, 0.3) is 0 Å². The van der Waals surface area contributed by atoms with E-state index in [4.69, 9.17) is 11.6 Å². The van der Waals surface area contributed by atoms with Crippen molar-refractivity contribution in [2.24, 2.45) is 0 Å². The van der Waals surface area contributed by atoms with Crippen LogP contribution >= 0.6 is 11.6 Å². The second kappa shape index (κ2) is 13.8. The third-order valence-electron chi connectivity index (χ3n) is 5.03. The Bertz CT molecular complexity index is 453. The van der Waals surface area contributed by atoms with Crippen LogP contribution in [0.5, 0.6) is 0 Å². The summed E-state index contributed by atoms with van der Waals surface area (Å²) in [7, 11) is 0. The summed E-state index contributed by atoms with van der Waals surface area (Å²) in [6.07, 6.45) is 12.4. The van der Waals surface area contributed by atoms with Crippen LogP contribution in [0.1, 0.15) is 58.4 Å². The second-order valence-corrected chi connectivity index (χ2v) is 6.97. The van der Waals surface area contributed by atoms with Crippen molar-refractivity contribution in [3.8, 4) is 0 Å². The fourth-order valence-corrected chi connectivity index (χ4v) is 3.33. The van der Waals surface area contributed by atoms with Gasteiger partial charge in [-0.1, -0.05) is 62.1 Å². The van der Waals surface area contributed by atoms with E-state index >= 15 is 0 Å². The molecule has 0 spiro atoms. The Morgan fingerprint density at radius 2 is 1.58 bits per heavy atom. The summed E-state index contributed by atoms with van der Waals surface area (Å²) in [5.74, 6) is 0. The Kier molecular flexibility index (Phi) is 13.5. The molecule has 1 aromatic rings. The molecule has 0 unspecified atom stereocenters. The van der Waals surface area contributed by atoms with Crippen molar-refractivity contribution in [2.45, 2.75) is 59.3 Å². The van der Waals surface area contributed by atoms with Crippen molar-refractivity contribution in [2.75, 3.05) is 26.2 Å². The number of halogens is 2. The zero-order valence-corrected chi connectivity index (χ0v) is 17.3. The monoisotopic (exact) mass is 371 g/mol. The molecule has 3 heteroatoms. The molecule has 1 rings (SSSR count). The van der Waals surface area contributed by atoms with Crippen molar-refractivity contribution in [3.05, 3.63) is 47.0 Å². The number of quaternary nitrogens is 1. The highest BCUT2D eigenvalue weighted by molar-refractivity contribution is 6.31. The number of unbranched alkanes of at least 4 members (excludes halogenated alkanes) is 4. The van der Waals surface area contributed by atoms with Crippen molar-refractivity contribution in [1.82, 2.24) is 0 Å². The Morgan fingerprint density at radius 3 is 2.21 bits per heavy atom. The Balaban J connectivity index is 0.00000529. The minimum Gasteiger partial charge on any atom is -1.00 e. The van der Waals surface area contributed by atoms with Crippen molar-refractivity contribution in [3.63, 3.8) is 0 Å². The van der Waals surface area contributed by atoms with Gasteiger partial charge in [-0.15, -0.1) is 0 Å². The molecule has 0 fully saturated rings. The van der Waals surface area contributed by atoms with Gasteiger partial charge in [0, 0.05) is 5.02 Å². The van der Waals surface area contributed by atoms with Crippen LogP contribution in [0.3, 0.4) is 0 Å². The molecule has 0 atom stereocenters. The van der Waals surface area contributed by atoms with Crippen LogP contribution in [0.15, 0.2) is 36.4 Å². The Morgan fingerprint density at radius 1 is 0.917 bits per heavy atom. The third-order valence-corrected chi connectivity index (χ3v) is 5.40. The fraction of sp³-hybridized carbons (Fsp3) is 0.619. The van der Waals surface area contributed by atoms with E-state index in [2.05, 4.69) is 45.1 Å². The van der Waals surface area contributed by atoms with E-state index in [0.29, 0.717) is 0 Å². The predicted molar refractivity (Wildman–Crippen MR) is 104 cm³/mol. The molecule has 0 aliphatic heterocycles. The number of likely N-dealkylation sites (N-methyl/N-ethyl adjacent to an activating group) is 1. The highest BCUT2D eigenvalue weighted by atomic mass is 35.5. The molecular formula is C21H35Cl2N. The third kappa shape index (κ3) is 8.55. The summed E-state index contributed by atoms with van der Waals surface area (Å²) in [5.41, 5.74) is 1.22. The predicted octanol–water partition coefficient (Wildman–Crippen LogP) is 3.27. The van der Waals surface area contributed by atoms with Gasteiger partial charge in [0.15, 0.2) is 0 Å². The van der Waals surface area contributed by atoms with Crippen LogP contribution in [-0.4, -0.2) is 30.7 Å². The first-order chi connectivity index (χ1) is 11.2. The van der Waals surface area contributed by atoms with E-state index in [1.54, 1.807) is 0 Å². The zero-order valence-electron chi connectivity index (χ0n) is 15.7. The standard InChI is InChI=1S/C21H35ClN.ClH/c1-4-7-8-9-13-18-23(5-2,6-3)19-14-12-16-20-15-10-11-17-21(20)22;/h10-12,14-15,17H,4-9,13,16,18-19H2,1-3H3;1H/q+1;/p-1/b14-12+;. The van der Waals surface area contributed by atoms with Gasteiger partial charge in [-0.25, -0.2) is 0 Å². The quantitative estimate of drug-likeness (QED) is 0.300. The first kappa shape index (κ1) is 23.5. The van der Waals surface area contributed by atoms with Crippen LogP contribution in [0, 0.1) is 0 Å². The zero-order chi connectivity index (χ0) is 17.0. The summed E-state index contributed by atoms with van der Waals surface area (Å²) >= 11 is 6.22. The van der Waals surface area contributed by atoms with E-state index in [-0.39, 0.29) is 12.4 Å². The normalized spacial score (nSPS) is 11.7. The van der Waals surface area contributed by atoms with Gasteiger partial charge in [0.05, 0.1) is 26.2 Å². The highest BCUT2D eigenvalue weighted by Gasteiger charge is 2.20. The van der Waals surface area contributed by atoms with Crippen LogP contribution in [0.4, 0.5) is 0 Å². The number of allylic oxidation sites excluding steroid dienone is 1. The maximum absolute atomic E-state index is 6.22. The second-order valence-electron chi connectivity index (χ2n) is 6.56. The van der Waals surface area contributed by atoms with Gasteiger partial charge < -0.3 is 16.9 Å². The molecule has 0 aliphatic rings. The Labute approximate surface area is 161 Å². The van der Waals surface area contributed by atoms with Crippen LogP contribution in [0.2, 0.25) is 5.02 Å². The molecule has 1 aromatic carbocycles. The fourth-order valence-electron chi connectivity index (χ4n) is 3.11. The van der Waals surface area contributed by atoms with Crippen LogP contribution in [0.25, 0.3) is 0 Å². The van der Waals surface area contributed by atoms with Crippen molar-refractivity contribution in [1.29, 1.82) is 0 Å². The lowest BCUT2D eigenvalue weighted by molar-refractivity contribution is -0.919. The molecule has 0 radical (unpaired) electrons. The number of hydrogen-bond donors (Lipinski definition) is 0.